The van der Waals surface area contributed by atoms with Gasteiger partial charge in [0.1, 0.15) is 11.4 Å². The van der Waals surface area contributed by atoms with Crippen molar-refractivity contribution in [3.63, 3.8) is 0 Å². The quantitative estimate of drug-likeness (QED) is 0.678. The summed E-state index contributed by atoms with van der Waals surface area (Å²) >= 11 is 0. The van der Waals surface area contributed by atoms with Crippen LogP contribution in [0.4, 0.5) is 0 Å². The zero-order chi connectivity index (χ0) is 22.1. The first kappa shape index (κ1) is 20.6. The molecular weight excluding hydrogens is 400 g/mol. The number of rotatable bonds is 5. The van der Waals surface area contributed by atoms with Crippen LogP contribution in [0.15, 0.2) is 65.6 Å². The van der Waals surface area contributed by atoms with Crippen LogP contribution in [-0.2, 0) is 25.0 Å². The monoisotopic (exact) mass is 428 g/mol. The Hall–Kier alpha value is -3.25. The van der Waals surface area contributed by atoms with Crippen molar-refractivity contribution in [2.24, 2.45) is 0 Å². The van der Waals surface area contributed by atoms with E-state index in [4.69, 9.17) is 0 Å². The van der Waals surface area contributed by atoms with Crippen LogP contribution in [0, 0.1) is 6.92 Å². The molecule has 0 saturated carbocycles. The molecule has 1 saturated heterocycles. The molecule has 1 amide bonds. The maximum atomic E-state index is 12.8. The van der Waals surface area contributed by atoms with Crippen LogP contribution in [0.5, 0.6) is 0 Å². The Labute approximate surface area is 187 Å². The molecule has 0 radical (unpaired) electrons. The molecule has 164 valence electrons. The van der Waals surface area contributed by atoms with E-state index in [0.717, 1.165) is 50.4 Å². The van der Waals surface area contributed by atoms with Gasteiger partial charge in [-0.15, -0.1) is 0 Å². The first-order chi connectivity index (χ1) is 15.5. The van der Waals surface area contributed by atoms with Crippen LogP contribution < -0.4 is 10.9 Å². The van der Waals surface area contributed by atoms with Gasteiger partial charge in [0, 0.05) is 37.8 Å². The number of aromatic nitrogens is 2. The number of benzene rings is 2. The number of hydrogen-bond donors (Lipinski definition) is 1. The Morgan fingerprint density at radius 2 is 1.78 bits per heavy atom. The fourth-order valence-electron chi connectivity index (χ4n) is 4.99. The first-order valence-electron chi connectivity index (χ1n) is 11.2. The predicted octanol–water partition coefficient (Wildman–Crippen LogP) is 3.03. The topological polar surface area (TPSA) is 67.2 Å². The van der Waals surface area contributed by atoms with Crippen LogP contribution in [0.25, 0.3) is 0 Å². The lowest BCUT2D eigenvalue weighted by Crippen LogP contribution is -2.35. The smallest absolute Gasteiger partial charge is 0.285 e. The number of nitrogens with zero attached hydrogens (tertiary/aromatic N) is 3. The second-order valence-corrected chi connectivity index (χ2v) is 9.12. The molecule has 1 fully saturated rings. The number of carbonyl (C=O) groups is 1. The van der Waals surface area contributed by atoms with Gasteiger partial charge in [-0.1, -0.05) is 60.2 Å². The van der Waals surface area contributed by atoms with E-state index in [1.807, 2.05) is 41.8 Å². The molecule has 0 bridgehead atoms. The molecule has 1 aromatic heterocycles. The van der Waals surface area contributed by atoms with Crippen molar-refractivity contribution in [1.29, 1.82) is 0 Å². The number of amides is 1. The standard InChI is InChI=1S/C26H28N4O2/c1-19-7-9-20(10-8-19)15-27-23(31)22-17-30-14-12-26(25(30)28-24(22)32)11-13-29(18-26)16-21-5-3-2-4-6-21/h2-10,17H,11-16,18H2,1H3,(H,27,31)/t26-/m1/s1. The highest BCUT2D eigenvalue weighted by Crippen LogP contribution is 2.41. The summed E-state index contributed by atoms with van der Waals surface area (Å²) in [6.07, 6.45) is 3.66. The highest BCUT2D eigenvalue weighted by atomic mass is 16.2. The third kappa shape index (κ3) is 3.98. The first-order valence-corrected chi connectivity index (χ1v) is 11.2. The van der Waals surface area contributed by atoms with Crippen molar-refractivity contribution in [1.82, 2.24) is 19.8 Å². The third-order valence-electron chi connectivity index (χ3n) is 6.80. The summed E-state index contributed by atoms with van der Waals surface area (Å²) in [5.74, 6) is 0.476. The van der Waals surface area contributed by atoms with Gasteiger partial charge in [0.25, 0.3) is 11.5 Å². The van der Waals surface area contributed by atoms with Gasteiger partial charge in [-0.2, -0.15) is 4.98 Å². The van der Waals surface area contributed by atoms with Crippen molar-refractivity contribution < 1.29 is 4.79 Å². The average Bonchev–Trinajstić information content (AvgIpc) is 3.37. The molecule has 3 aromatic rings. The molecule has 1 N–H and O–H groups in total. The number of likely N-dealkylation sites (tertiary alicyclic amines) is 1. The van der Waals surface area contributed by atoms with Gasteiger partial charge in [0.05, 0.1) is 0 Å². The minimum atomic E-state index is -0.430. The predicted molar refractivity (Wildman–Crippen MR) is 123 cm³/mol. The van der Waals surface area contributed by atoms with Gasteiger partial charge in [0.15, 0.2) is 0 Å². The average molecular weight is 429 g/mol. The fraction of sp³-hybridized carbons (Fsp3) is 0.346. The van der Waals surface area contributed by atoms with Crippen LogP contribution >= 0.6 is 0 Å². The van der Waals surface area contributed by atoms with Crippen molar-refractivity contribution in [2.45, 2.75) is 44.8 Å². The van der Waals surface area contributed by atoms with E-state index in [2.05, 4.69) is 39.5 Å². The van der Waals surface area contributed by atoms with Crippen LogP contribution in [0.3, 0.4) is 0 Å². The van der Waals surface area contributed by atoms with Gasteiger partial charge in [-0.3, -0.25) is 14.5 Å². The number of carbonyl (C=O) groups excluding carboxylic acids is 1. The summed E-state index contributed by atoms with van der Waals surface area (Å²) in [6, 6.07) is 18.5. The van der Waals surface area contributed by atoms with Crippen LogP contribution in [0.1, 0.15) is 45.7 Å². The second-order valence-electron chi connectivity index (χ2n) is 9.12. The summed E-state index contributed by atoms with van der Waals surface area (Å²) in [4.78, 5) is 32.4. The van der Waals surface area contributed by atoms with Gasteiger partial charge >= 0.3 is 0 Å². The maximum absolute atomic E-state index is 12.8. The SMILES string of the molecule is Cc1ccc(CNC(=O)c2cn3c(nc2=O)[C@]2(CCN(Cc4ccccc4)C2)CC3)cc1. The molecule has 32 heavy (non-hydrogen) atoms. The Morgan fingerprint density at radius 3 is 2.56 bits per heavy atom. The molecule has 6 heteroatoms. The molecule has 2 aromatic carbocycles. The second kappa shape index (κ2) is 8.36. The van der Waals surface area contributed by atoms with Gasteiger partial charge < -0.3 is 9.88 Å². The lowest BCUT2D eigenvalue weighted by atomic mass is 9.85. The van der Waals surface area contributed by atoms with E-state index in [-0.39, 0.29) is 16.9 Å². The Balaban J connectivity index is 1.30. The van der Waals surface area contributed by atoms with E-state index in [1.54, 1.807) is 6.20 Å². The van der Waals surface area contributed by atoms with Crippen molar-refractivity contribution in [3.05, 3.63) is 99.2 Å². The maximum Gasteiger partial charge on any atom is 0.285 e. The zero-order valence-corrected chi connectivity index (χ0v) is 18.4. The number of hydrogen-bond acceptors (Lipinski definition) is 4. The summed E-state index contributed by atoms with van der Waals surface area (Å²) in [5.41, 5.74) is 3.07. The largest absolute Gasteiger partial charge is 0.348 e. The van der Waals surface area contributed by atoms with Crippen molar-refractivity contribution in [2.75, 3.05) is 13.1 Å². The molecule has 1 atom stereocenters. The number of nitrogens with one attached hydrogen (secondary N) is 1. The summed E-state index contributed by atoms with van der Waals surface area (Å²) in [5, 5.41) is 2.86. The van der Waals surface area contributed by atoms with Crippen LogP contribution in [0.2, 0.25) is 0 Å². The number of fused-ring (bicyclic) bond motifs is 2. The van der Waals surface area contributed by atoms with Crippen molar-refractivity contribution >= 4 is 5.91 Å². The molecule has 0 aliphatic carbocycles. The highest BCUT2D eigenvalue weighted by molar-refractivity contribution is 5.93. The lowest BCUT2D eigenvalue weighted by molar-refractivity contribution is 0.0948. The van der Waals surface area contributed by atoms with E-state index in [1.165, 1.54) is 11.1 Å². The Morgan fingerprint density at radius 1 is 1.03 bits per heavy atom. The Kier molecular flexibility index (Phi) is 5.39. The molecule has 2 aliphatic heterocycles. The lowest BCUT2D eigenvalue weighted by Gasteiger charge is -2.23. The highest BCUT2D eigenvalue weighted by Gasteiger charge is 2.46. The Bertz CT molecular complexity index is 1190. The van der Waals surface area contributed by atoms with E-state index < -0.39 is 5.56 Å². The van der Waals surface area contributed by atoms with Gasteiger partial charge in [-0.05, 0) is 37.4 Å². The molecule has 0 unspecified atom stereocenters. The van der Waals surface area contributed by atoms with Gasteiger partial charge in [-0.25, -0.2) is 0 Å². The van der Waals surface area contributed by atoms with E-state index in [9.17, 15) is 9.59 Å². The summed E-state index contributed by atoms with van der Waals surface area (Å²) < 4.78 is 2.02. The molecule has 5 rings (SSSR count). The van der Waals surface area contributed by atoms with E-state index >= 15 is 0 Å². The van der Waals surface area contributed by atoms with Gasteiger partial charge in [0.2, 0.25) is 0 Å². The summed E-state index contributed by atoms with van der Waals surface area (Å²) in [7, 11) is 0. The third-order valence-corrected chi connectivity index (χ3v) is 6.80. The molecule has 6 nitrogen and oxygen atoms in total. The van der Waals surface area contributed by atoms with E-state index in [0.29, 0.717) is 6.54 Å². The minimum Gasteiger partial charge on any atom is -0.348 e. The fourth-order valence-corrected chi connectivity index (χ4v) is 4.99. The molecule has 1 spiro atoms. The van der Waals surface area contributed by atoms with Crippen molar-refractivity contribution in [3.8, 4) is 0 Å². The minimum absolute atomic E-state index is 0.0924. The molecular formula is C26H28N4O2. The zero-order valence-electron chi connectivity index (χ0n) is 18.4. The number of aryl methyl sites for hydroxylation is 2. The summed E-state index contributed by atoms with van der Waals surface area (Å²) in [6.45, 7) is 6.00. The molecule has 3 heterocycles. The normalized spacial score (nSPS) is 19.9. The molecule has 2 aliphatic rings. The van der Waals surface area contributed by atoms with Crippen LogP contribution in [-0.4, -0.2) is 33.4 Å².